The Morgan fingerprint density at radius 1 is 0.976 bits per heavy atom. The normalized spacial score (nSPS) is 24.4. The second-order valence-electron chi connectivity index (χ2n) is 13.0. The van der Waals surface area contributed by atoms with Gasteiger partial charge in [-0.05, 0) is 113 Å². The molecule has 1 saturated heterocycles. The van der Waals surface area contributed by atoms with Crippen molar-refractivity contribution in [2.75, 3.05) is 27.2 Å². The molecule has 2 aromatic rings. The Balaban J connectivity index is 0.000000305. The number of piperidine rings is 1. The number of amides is 2. The highest BCUT2D eigenvalue weighted by molar-refractivity contribution is 6.30. The van der Waals surface area contributed by atoms with Crippen molar-refractivity contribution in [2.45, 2.75) is 102 Å². The zero-order chi connectivity index (χ0) is 30.1. The molecule has 1 saturated carbocycles. The molecule has 1 unspecified atom stereocenters. The first-order valence-electron chi connectivity index (χ1n) is 16.0. The maximum Gasteiger partial charge on any atom is 0.223 e. The van der Waals surface area contributed by atoms with Gasteiger partial charge in [0.15, 0.2) is 0 Å². The van der Waals surface area contributed by atoms with Crippen LogP contribution in [0.3, 0.4) is 0 Å². The number of carbonyl (C=O) groups is 2. The summed E-state index contributed by atoms with van der Waals surface area (Å²) in [7, 11) is 4.31. The molecule has 0 bridgehead atoms. The SMILES string of the molecule is CC1CCN(C(=O)CCC(=O)NC2CCC(Cc3ccc(Cl)cc3)(N(C)C)CC2)CC1.NC1CCCc2ccccc21. The number of fused-ring (bicyclic) bond motifs is 1. The smallest absolute Gasteiger partial charge is 0.223 e. The summed E-state index contributed by atoms with van der Waals surface area (Å²) in [6.45, 7) is 3.91. The third-order valence-electron chi connectivity index (χ3n) is 9.79. The lowest BCUT2D eigenvalue weighted by atomic mass is 9.75. The van der Waals surface area contributed by atoms with Crippen molar-refractivity contribution in [1.29, 1.82) is 0 Å². The van der Waals surface area contributed by atoms with E-state index in [9.17, 15) is 9.59 Å². The predicted molar refractivity (Wildman–Crippen MR) is 172 cm³/mol. The Morgan fingerprint density at radius 3 is 2.29 bits per heavy atom. The molecule has 3 aliphatic rings. The van der Waals surface area contributed by atoms with Crippen molar-refractivity contribution < 1.29 is 9.59 Å². The van der Waals surface area contributed by atoms with E-state index in [1.807, 2.05) is 17.0 Å². The molecule has 1 aliphatic heterocycles. The number of likely N-dealkylation sites (N-methyl/N-ethyl adjacent to an activating group) is 1. The number of hydrogen-bond donors (Lipinski definition) is 2. The van der Waals surface area contributed by atoms with Gasteiger partial charge >= 0.3 is 0 Å². The van der Waals surface area contributed by atoms with Gasteiger partial charge in [-0.25, -0.2) is 0 Å². The van der Waals surface area contributed by atoms with Crippen LogP contribution >= 0.6 is 11.6 Å². The van der Waals surface area contributed by atoms with E-state index in [2.05, 4.69) is 67.6 Å². The first-order chi connectivity index (χ1) is 20.1. The Labute approximate surface area is 258 Å². The van der Waals surface area contributed by atoms with Crippen LogP contribution in [-0.4, -0.2) is 60.4 Å². The molecule has 0 radical (unpaired) electrons. The van der Waals surface area contributed by atoms with Gasteiger partial charge in [-0.2, -0.15) is 0 Å². The first kappa shape index (κ1) is 32.5. The molecule has 1 heterocycles. The summed E-state index contributed by atoms with van der Waals surface area (Å²) in [6.07, 6.45) is 11.4. The highest BCUT2D eigenvalue weighted by Crippen LogP contribution is 2.36. The van der Waals surface area contributed by atoms with Crippen LogP contribution in [0, 0.1) is 5.92 Å². The zero-order valence-electron chi connectivity index (χ0n) is 25.9. The zero-order valence-corrected chi connectivity index (χ0v) is 26.7. The van der Waals surface area contributed by atoms with Gasteiger partial charge in [-0.15, -0.1) is 0 Å². The monoisotopic (exact) mass is 594 g/mol. The summed E-state index contributed by atoms with van der Waals surface area (Å²) in [5.74, 6) is 0.840. The Kier molecular flexibility index (Phi) is 11.9. The Bertz CT molecular complexity index is 1150. The summed E-state index contributed by atoms with van der Waals surface area (Å²) >= 11 is 6.04. The van der Waals surface area contributed by atoms with Crippen molar-refractivity contribution in [3.63, 3.8) is 0 Å². The van der Waals surface area contributed by atoms with E-state index in [0.29, 0.717) is 24.8 Å². The molecule has 1 atom stereocenters. The number of rotatable bonds is 7. The van der Waals surface area contributed by atoms with E-state index in [0.717, 1.165) is 69.5 Å². The predicted octanol–water partition coefficient (Wildman–Crippen LogP) is 6.30. The van der Waals surface area contributed by atoms with Crippen LogP contribution in [0.1, 0.15) is 93.9 Å². The van der Waals surface area contributed by atoms with Gasteiger partial charge in [0, 0.05) is 48.6 Å². The summed E-state index contributed by atoms with van der Waals surface area (Å²) in [5.41, 5.74) is 10.2. The number of nitrogens with one attached hydrogen (secondary N) is 1. The van der Waals surface area contributed by atoms with Crippen LogP contribution in [0.5, 0.6) is 0 Å². The van der Waals surface area contributed by atoms with Crippen molar-refractivity contribution >= 4 is 23.4 Å². The fraction of sp³-hybridized carbons (Fsp3) is 0.600. The fourth-order valence-corrected chi connectivity index (χ4v) is 6.92. The molecular weight excluding hydrogens is 544 g/mol. The van der Waals surface area contributed by atoms with Gasteiger partial charge in [0.2, 0.25) is 11.8 Å². The summed E-state index contributed by atoms with van der Waals surface area (Å²) in [5, 5.41) is 3.95. The molecule has 3 N–H and O–H groups in total. The molecule has 2 aliphatic carbocycles. The van der Waals surface area contributed by atoms with Gasteiger partial charge < -0.3 is 20.9 Å². The van der Waals surface area contributed by atoms with Crippen LogP contribution in [0.15, 0.2) is 48.5 Å². The van der Waals surface area contributed by atoms with Crippen LogP contribution < -0.4 is 11.1 Å². The molecule has 0 spiro atoms. The molecular formula is C35H51ClN4O2. The molecule has 5 rings (SSSR count). The lowest BCUT2D eigenvalue weighted by molar-refractivity contribution is -0.135. The minimum Gasteiger partial charge on any atom is -0.353 e. The quantitative estimate of drug-likeness (QED) is 0.394. The molecule has 2 amide bonds. The van der Waals surface area contributed by atoms with Crippen molar-refractivity contribution in [1.82, 2.24) is 15.1 Å². The number of nitrogens with zero attached hydrogens (tertiary/aromatic N) is 2. The Morgan fingerprint density at radius 2 is 1.64 bits per heavy atom. The average Bonchev–Trinajstić information content (AvgIpc) is 2.99. The first-order valence-corrected chi connectivity index (χ1v) is 16.4. The average molecular weight is 595 g/mol. The Hall–Kier alpha value is -2.41. The molecule has 2 aromatic carbocycles. The molecule has 7 heteroatoms. The molecule has 2 fully saturated rings. The number of carbonyl (C=O) groups excluding carboxylic acids is 2. The van der Waals surface area contributed by atoms with Crippen molar-refractivity contribution in [2.24, 2.45) is 11.7 Å². The van der Waals surface area contributed by atoms with Crippen molar-refractivity contribution in [3.05, 3.63) is 70.2 Å². The minimum atomic E-state index is 0.0128. The third kappa shape index (κ3) is 9.05. The highest BCUT2D eigenvalue weighted by Gasteiger charge is 2.37. The third-order valence-corrected chi connectivity index (χ3v) is 10.0. The minimum absolute atomic E-state index is 0.0128. The fourth-order valence-electron chi connectivity index (χ4n) is 6.79. The summed E-state index contributed by atoms with van der Waals surface area (Å²) < 4.78 is 0. The van der Waals surface area contributed by atoms with E-state index in [1.54, 1.807) is 0 Å². The molecule has 0 aromatic heterocycles. The number of benzene rings is 2. The van der Waals surface area contributed by atoms with Gasteiger partial charge in [-0.1, -0.05) is 54.9 Å². The molecule has 230 valence electrons. The van der Waals surface area contributed by atoms with Gasteiger partial charge in [0.1, 0.15) is 0 Å². The van der Waals surface area contributed by atoms with Crippen LogP contribution in [-0.2, 0) is 22.4 Å². The largest absolute Gasteiger partial charge is 0.353 e. The van der Waals surface area contributed by atoms with E-state index < -0.39 is 0 Å². The van der Waals surface area contributed by atoms with E-state index in [-0.39, 0.29) is 23.4 Å². The summed E-state index contributed by atoms with van der Waals surface area (Å²) in [6, 6.07) is 17.1. The van der Waals surface area contributed by atoms with Crippen LogP contribution in [0.2, 0.25) is 5.02 Å². The molecule has 42 heavy (non-hydrogen) atoms. The number of likely N-dealkylation sites (tertiary alicyclic amines) is 1. The van der Waals surface area contributed by atoms with Gasteiger partial charge in [-0.3, -0.25) is 9.59 Å². The molecule has 6 nitrogen and oxygen atoms in total. The van der Waals surface area contributed by atoms with Gasteiger partial charge in [0.05, 0.1) is 0 Å². The summed E-state index contributed by atoms with van der Waals surface area (Å²) in [4.78, 5) is 29.1. The van der Waals surface area contributed by atoms with E-state index in [4.69, 9.17) is 17.3 Å². The number of hydrogen-bond acceptors (Lipinski definition) is 4. The second kappa shape index (κ2) is 15.4. The lowest BCUT2D eigenvalue weighted by Crippen LogP contribution is -2.52. The highest BCUT2D eigenvalue weighted by atomic mass is 35.5. The lowest BCUT2D eigenvalue weighted by Gasteiger charge is -2.45. The van der Waals surface area contributed by atoms with E-state index in [1.165, 1.54) is 29.5 Å². The number of halogens is 1. The second-order valence-corrected chi connectivity index (χ2v) is 13.5. The number of nitrogens with two attached hydrogens (primary N) is 1. The van der Waals surface area contributed by atoms with Crippen LogP contribution in [0.4, 0.5) is 0 Å². The van der Waals surface area contributed by atoms with Gasteiger partial charge in [0.25, 0.3) is 0 Å². The standard InChI is InChI=1S/C25H38ClN3O2.C10H13N/c1-19-12-16-29(17-13-19)24(31)9-8-23(30)27-22-10-14-25(15-11-22,28(2)3)18-20-4-6-21(26)7-5-20;11-10-7-3-5-8-4-1-2-6-9(8)10/h4-7,19,22H,8-18H2,1-3H3,(H,27,30);1-2,4,6,10H,3,5,7,11H2. The maximum absolute atomic E-state index is 12.5. The van der Waals surface area contributed by atoms with Crippen LogP contribution in [0.25, 0.3) is 0 Å². The topological polar surface area (TPSA) is 78.7 Å². The maximum atomic E-state index is 12.5. The van der Waals surface area contributed by atoms with E-state index >= 15 is 0 Å². The number of aryl methyl sites for hydroxylation is 1. The van der Waals surface area contributed by atoms with Crippen molar-refractivity contribution in [3.8, 4) is 0 Å².